The van der Waals surface area contributed by atoms with Crippen molar-refractivity contribution in [2.75, 3.05) is 11.1 Å². The van der Waals surface area contributed by atoms with Crippen molar-refractivity contribution in [3.05, 3.63) is 36.0 Å². The van der Waals surface area contributed by atoms with Gasteiger partial charge in [0.25, 0.3) is 5.78 Å². The molecule has 3 nitrogen and oxygen atoms in total. The van der Waals surface area contributed by atoms with Crippen LogP contribution in [0.15, 0.2) is 36.0 Å². The summed E-state index contributed by atoms with van der Waals surface area (Å²) in [6.07, 6.45) is -4.36. The normalized spacial score (nSPS) is 12.4. The van der Waals surface area contributed by atoms with Crippen LogP contribution in [0.3, 0.4) is 0 Å². The highest BCUT2D eigenvalue weighted by molar-refractivity contribution is 5.95. The van der Waals surface area contributed by atoms with Gasteiger partial charge < -0.3 is 11.1 Å². The Balaban J connectivity index is 2.80. The quantitative estimate of drug-likeness (QED) is 0.635. The molecule has 0 aromatic heterocycles. The minimum atomic E-state index is -4.86. The maximum atomic E-state index is 12.0. The van der Waals surface area contributed by atoms with Crippen LogP contribution in [-0.2, 0) is 4.79 Å². The Kier molecular flexibility index (Phi) is 3.77. The number of benzene rings is 1. The second kappa shape index (κ2) is 4.90. The van der Waals surface area contributed by atoms with E-state index in [1.807, 2.05) is 0 Å². The van der Waals surface area contributed by atoms with E-state index >= 15 is 0 Å². The predicted molar refractivity (Wildman–Crippen MR) is 59.3 cm³/mol. The lowest BCUT2D eigenvalue weighted by molar-refractivity contribution is -0.165. The van der Waals surface area contributed by atoms with Crippen LogP contribution >= 0.6 is 0 Å². The molecule has 0 saturated heterocycles. The molecule has 6 heteroatoms. The van der Waals surface area contributed by atoms with Crippen molar-refractivity contribution in [1.82, 2.24) is 0 Å². The molecular formula is C11H11F3N2O. The van der Waals surface area contributed by atoms with Gasteiger partial charge in [0.05, 0.1) is 11.4 Å². The van der Waals surface area contributed by atoms with E-state index in [4.69, 9.17) is 5.73 Å². The highest BCUT2D eigenvalue weighted by Gasteiger charge is 2.36. The Hall–Kier alpha value is -1.98. The summed E-state index contributed by atoms with van der Waals surface area (Å²) in [6.45, 7) is 1.36. The van der Waals surface area contributed by atoms with Crippen LogP contribution in [-0.4, -0.2) is 12.0 Å². The molecule has 0 aliphatic carbocycles. The number of nitrogen functional groups attached to an aromatic ring is 1. The first-order chi connectivity index (χ1) is 7.80. The number of hydrogen-bond acceptors (Lipinski definition) is 3. The molecule has 1 aromatic rings. The molecule has 0 aliphatic rings. The third-order valence-electron chi connectivity index (χ3n) is 1.92. The highest BCUT2D eigenvalue weighted by Crippen LogP contribution is 2.20. The number of allylic oxidation sites excluding steroid dienone is 2. The van der Waals surface area contributed by atoms with Gasteiger partial charge >= 0.3 is 6.18 Å². The molecule has 3 N–H and O–H groups in total. The van der Waals surface area contributed by atoms with Crippen molar-refractivity contribution in [3.8, 4) is 0 Å². The van der Waals surface area contributed by atoms with Gasteiger partial charge in [-0.05, 0) is 19.1 Å². The number of halogens is 3. The number of rotatable bonds is 3. The van der Waals surface area contributed by atoms with Gasteiger partial charge in [0.2, 0.25) is 0 Å². The van der Waals surface area contributed by atoms with Crippen LogP contribution in [0.25, 0.3) is 0 Å². The van der Waals surface area contributed by atoms with Crippen LogP contribution in [0.5, 0.6) is 0 Å². The molecule has 0 atom stereocenters. The molecule has 0 amide bonds. The molecule has 0 fully saturated rings. The number of nitrogens with one attached hydrogen (secondary N) is 1. The maximum Gasteiger partial charge on any atom is 0.454 e. The molecule has 0 aliphatic heterocycles. The summed E-state index contributed by atoms with van der Waals surface area (Å²) in [5, 5.41) is 2.63. The first-order valence-electron chi connectivity index (χ1n) is 4.71. The van der Waals surface area contributed by atoms with E-state index < -0.39 is 12.0 Å². The zero-order valence-corrected chi connectivity index (χ0v) is 9.01. The Morgan fingerprint density at radius 3 is 2.47 bits per heavy atom. The number of nitrogens with two attached hydrogens (primary N) is 1. The number of alkyl halides is 3. The van der Waals surface area contributed by atoms with E-state index in [2.05, 4.69) is 5.32 Å². The minimum Gasteiger partial charge on any atom is -0.397 e. The molecule has 17 heavy (non-hydrogen) atoms. The van der Waals surface area contributed by atoms with E-state index in [-0.39, 0.29) is 5.70 Å². The van der Waals surface area contributed by atoms with Gasteiger partial charge in [0.15, 0.2) is 0 Å². The number of para-hydroxylation sites is 2. The van der Waals surface area contributed by atoms with Crippen LogP contribution in [0.4, 0.5) is 24.5 Å². The first kappa shape index (κ1) is 13.1. The highest BCUT2D eigenvalue weighted by atomic mass is 19.4. The summed E-state index contributed by atoms with van der Waals surface area (Å²) in [7, 11) is 0. The lowest BCUT2D eigenvalue weighted by Crippen LogP contribution is -2.21. The zero-order valence-electron chi connectivity index (χ0n) is 9.01. The molecule has 0 radical (unpaired) electrons. The topological polar surface area (TPSA) is 55.1 Å². The summed E-state index contributed by atoms with van der Waals surface area (Å²) in [4.78, 5) is 10.7. The van der Waals surface area contributed by atoms with Gasteiger partial charge in [-0.2, -0.15) is 13.2 Å². The average Bonchev–Trinajstić information content (AvgIpc) is 2.20. The molecule has 92 valence electrons. The molecule has 0 heterocycles. The largest absolute Gasteiger partial charge is 0.454 e. The average molecular weight is 244 g/mol. The molecule has 0 bridgehead atoms. The summed E-state index contributed by atoms with van der Waals surface area (Å²) in [5.41, 5.74) is 6.51. The molecule has 0 saturated carbocycles. The molecule has 0 unspecified atom stereocenters. The van der Waals surface area contributed by atoms with Gasteiger partial charge in [-0.1, -0.05) is 12.1 Å². The van der Waals surface area contributed by atoms with E-state index in [0.717, 1.165) is 0 Å². The van der Waals surface area contributed by atoms with Gasteiger partial charge in [0, 0.05) is 11.8 Å². The second-order valence-electron chi connectivity index (χ2n) is 3.40. The number of anilines is 2. The molecular weight excluding hydrogens is 233 g/mol. The van der Waals surface area contributed by atoms with Crippen molar-refractivity contribution in [2.45, 2.75) is 13.1 Å². The van der Waals surface area contributed by atoms with Crippen LogP contribution in [0.1, 0.15) is 6.92 Å². The van der Waals surface area contributed by atoms with Crippen molar-refractivity contribution in [3.63, 3.8) is 0 Å². The third kappa shape index (κ3) is 3.82. The fraction of sp³-hybridized carbons (Fsp3) is 0.182. The lowest BCUT2D eigenvalue weighted by atomic mass is 10.2. The Bertz CT molecular complexity index is 452. The Morgan fingerprint density at radius 1 is 1.35 bits per heavy atom. The van der Waals surface area contributed by atoms with Crippen molar-refractivity contribution < 1.29 is 18.0 Å². The van der Waals surface area contributed by atoms with Crippen LogP contribution in [0, 0.1) is 0 Å². The molecule has 1 rings (SSSR count). The van der Waals surface area contributed by atoms with E-state index in [9.17, 15) is 18.0 Å². The van der Waals surface area contributed by atoms with E-state index in [1.54, 1.807) is 24.3 Å². The SMILES string of the molecule is CC(=CC(=O)C(F)(F)F)Nc1ccccc1N. The summed E-state index contributed by atoms with van der Waals surface area (Å²) in [6, 6.07) is 6.57. The van der Waals surface area contributed by atoms with Gasteiger partial charge in [-0.15, -0.1) is 0 Å². The van der Waals surface area contributed by atoms with Gasteiger partial charge in [0.1, 0.15) is 0 Å². The van der Waals surface area contributed by atoms with Gasteiger partial charge in [-0.25, -0.2) is 0 Å². The lowest BCUT2D eigenvalue weighted by Gasteiger charge is -2.09. The Labute approximate surface area is 96.1 Å². The molecule has 0 spiro atoms. The number of ketones is 1. The minimum absolute atomic E-state index is 0.0743. The third-order valence-corrected chi connectivity index (χ3v) is 1.92. The summed E-state index contributed by atoms with van der Waals surface area (Å²) < 4.78 is 35.9. The number of carbonyl (C=O) groups is 1. The monoisotopic (exact) mass is 244 g/mol. The first-order valence-corrected chi connectivity index (χ1v) is 4.71. The van der Waals surface area contributed by atoms with Crippen LogP contribution < -0.4 is 11.1 Å². The van der Waals surface area contributed by atoms with Gasteiger partial charge in [-0.3, -0.25) is 4.79 Å². The smallest absolute Gasteiger partial charge is 0.397 e. The summed E-state index contributed by atoms with van der Waals surface area (Å²) >= 11 is 0. The summed E-state index contributed by atoms with van der Waals surface area (Å²) in [5.74, 6) is -1.91. The van der Waals surface area contributed by atoms with Crippen LogP contribution in [0.2, 0.25) is 0 Å². The number of hydrogen-bond donors (Lipinski definition) is 2. The van der Waals surface area contributed by atoms with E-state index in [1.165, 1.54) is 6.92 Å². The molecule has 1 aromatic carbocycles. The maximum absolute atomic E-state index is 12.0. The zero-order chi connectivity index (χ0) is 13.1. The van der Waals surface area contributed by atoms with Crippen molar-refractivity contribution >= 4 is 17.2 Å². The van der Waals surface area contributed by atoms with E-state index in [0.29, 0.717) is 17.5 Å². The number of carbonyl (C=O) groups excluding carboxylic acids is 1. The fourth-order valence-electron chi connectivity index (χ4n) is 1.14. The fourth-order valence-corrected chi connectivity index (χ4v) is 1.14. The predicted octanol–water partition coefficient (Wildman–Crippen LogP) is 2.72. The Morgan fingerprint density at radius 2 is 1.94 bits per heavy atom. The van der Waals surface area contributed by atoms with Crippen molar-refractivity contribution in [1.29, 1.82) is 0 Å². The standard InChI is InChI=1S/C11H11F3N2O/c1-7(6-10(17)11(12,13)14)16-9-5-3-2-4-8(9)15/h2-6,16H,15H2,1H3. The van der Waals surface area contributed by atoms with Crippen molar-refractivity contribution in [2.24, 2.45) is 0 Å². The second-order valence-corrected chi connectivity index (χ2v) is 3.40.